The van der Waals surface area contributed by atoms with Crippen LogP contribution < -0.4 is 4.74 Å². The van der Waals surface area contributed by atoms with E-state index in [0.717, 1.165) is 29.9 Å². The number of rotatable bonds is 11. The molecular formula is C25H33N2O2+. The Bertz CT molecular complexity index is 841. The summed E-state index contributed by atoms with van der Waals surface area (Å²) < 4.78 is 12.1. The molecule has 0 unspecified atom stereocenters. The number of benzene rings is 2. The van der Waals surface area contributed by atoms with E-state index in [9.17, 15) is 0 Å². The number of likely N-dealkylation sites (N-methyl/N-ethyl adjacent to an activating group) is 1. The van der Waals surface area contributed by atoms with Gasteiger partial charge in [0.2, 0.25) is 6.23 Å². The summed E-state index contributed by atoms with van der Waals surface area (Å²) in [6.07, 6.45) is 4.32. The van der Waals surface area contributed by atoms with Crippen LogP contribution in [0.3, 0.4) is 0 Å². The highest BCUT2D eigenvalue weighted by Crippen LogP contribution is 2.22. The van der Waals surface area contributed by atoms with Gasteiger partial charge in [0.1, 0.15) is 5.75 Å². The van der Waals surface area contributed by atoms with Crippen molar-refractivity contribution in [2.24, 2.45) is 0 Å². The Morgan fingerprint density at radius 2 is 1.86 bits per heavy atom. The van der Waals surface area contributed by atoms with E-state index >= 15 is 0 Å². The third-order valence-corrected chi connectivity index (χ3v) is 5.00. The predicted octanol–water partition coefficient (Wildman–Crippen LogP) is 4.97. The SMILES string of the molecule is C=CC(=N)/C(=C\[C@H](OC)[N+](C)(C)CCc1cccc(OCC)c1)c1ccccc1. The Balaban J connectivity index is 2.23. The number of allylic oxidation sites excluding steroid dienone is 2. The normalized spacial score (nSPS) is 13.0. The van der Waals surface area contributed by atoms with Crippen LogP contribution in [0.15, 0.2) is 73.3 Å². The minimum atomic E-state index is -0.194. The van der Waals surface area contributed by atoms with Crippen LogP contribution in [0.1, 0.15) is 18.1 Å². The fourth-order valence-corrected chi connectivity index (χ4v) is 3.27. The van der Waals surface area contributed by atoms with Gasteiger partial charge in [0, 0.05) is 25.2 Å². The molecule has 0 amide bonds. The molecule has 0 radical (unpaired) electrons. The van der Waals surface area contributed by atoms with Crippen LogP contribution in [0.25, 0.3) is 5.57 Å². The first-order valence-corrected chi connectivity index (χ1v) is 9.97. The third-order valence-electron chi connectivity index (χ3n) is 5.00. The standard InChI is InChI=1S/C25H33N2O2/c1-6-24(26)23(21-13-9-8-10-14-21)19-25(28-5)27(3,4)17-16-20-12-11-15-22(18-20)29-7-2/h6,8-15,18-19,25-26H,1,7,16-17H2,2-5H3/q+1/b23-19-,26-24?/t25-/m0/s1. The van der Waals surface area contributed by atoms with Gasteiger partial charge in [-0.05, 0) is 36.3 Å². The number of ether oxygens (including phenoxy) is 2. The van der Waals surface area contributed by atoms with Crippen LogP contribution in [0, 0.1) is 5.41 Å². The van der Waals surface area contributed by atoms with Crippen LogP contribution in [0.4, 0.5) is 0 Å². The number of hydrogen-bond donors (Lipinski definition) is 1. The van der Waals surface area contributed by atoms with Crippen molar-refractivity contribution in [1.29, 1.82) is 5.41 Å². The Kier molecular flexibility index (Phi) is 8.37. The molecule has 0 saturated carbocycles. The van der Waals surface area contributed by atoms with E-state index in [1.165, 1.54) is 5.56 Å². The van der Waals surface area contributed by atoms with Crippen molar-refractivity contribution in [2.75, 3.05) is 34.4 Å². The third kappa shape index (κ3) is 6.41. The fourth-order valence-electron chi connectivity index (χ4n) is 3.27. The minimum Gasteiger partial charge on any atom is -0.494 e. The van der Waals surface area contributed by atoms with E-state index in [1.54, 1.807) is 13.2 Å². The molecule has 0 bridgehead atoms. The summed E-state index contributed by atoms with van der Waals surface area (Å²) in [6, 6.07) is 18.2. The maximum absolute atomic E-state index is 8.34. The second-order valence-corrected chi connectivity index (χ2v) is 7.52. The van der Waals surface area contributed by atoms with Gasteiger partial charge in [-0.15, -0.1) is 0 Å². The van der Waals surface area contributed by atoms with Gasteiger partial charge in [0.25, 0.3) is 0 Å². The quantitative estimate of drug-likeness (QED) is 0.333. The van der Waals surface area contributed by atoms with Gasteiger partial charge in [-0.25, -0.2) is 0 Å². The second kappa shape index (κ2) is 10.7. The van der Waals surface area contributed by atoms with Gasteiger partial charge in [-0.2, -0.15) is 0 Å². The van der Waals surface area contributed by atoms with Crippen molar-refractivity contribution < 1.29 is 14.0 Å². The first kappa shape index (κ1) is 22.6. The molecule has 2 aromatic carbocycles. The first-order chi connectivity index (χ1) is 13.9. The molecule has 1 atom stereocenters. The average Bonchev–Trinajstić information content (AvgIpc) is 2.73. The molecule has 0 heterocycles. The van der Waals surface area contributed by atoms with E-state index in [2.05, 4.69) is 32.8 Å². The zero-order chi connectivity index (χ0) is 21.3. The topological polar surface area (TPSA) is 42.3 Å². The molecular weight excluding hydrogens is 360 g/mol. The highest BCUT2D eigenvalue weighted by atomic mass is 16.5. The van der Waals surface area contributed by atoms with E-state index in [1.807, 2.05) is 55.5 Å². The van der Waals surface area contributed by atoms with Crippen molar-refractivity contribution in [3.8, 4) is 5.75 Å². The first-order valence-electron chi connectivity index (χ1n) is 9.97. The number of quaternary nitrogens is 1. The van der Waals surface area contributed by atoms with Gasteiger partial charge in [0.15, 0.2) is 0 Å². The smallest absolute Gasteiger partial charge is 0.213 e. The molecule has 1 N–H and O–H groups in total. The van der Waals surface area contributed by atoms with Crippen molar-refractivity contribution >= 4 is 11.3 Å². The maximum Gasteiger partial charge on any atom is 0.213 e. The van der Waals surface area contributed by atoms with Crippen LogP contribution >= 0.6 is 0 Å². The lowest BCUT2D eigenvalue weighted by molar-refractivity contribution is -0.929. The maximum atomic E-state index is 8.34. The highest BCUT2D eigenvalue weighted by Gasteiger charge is 2.27. The number of nitrogens with zero attached hydrogens (tertiary/aromatic N) is 1. The molecule has 0 aliphatic heterocycles. The van der Waals surface area contributed by atoms with Crippen LogP contribution in [-0.2, 0) is 11.2 Å². The molecule has 0 saturated heterocycles. The predicted molar refractivity (Wildman–Crippen MR) is 121 cm³/mol. The van der Waals surface area contributed by atoms with Gasteiger partial charge in [-0.3, -0.25) is 4.48 Å². The zero-order valence-electron chi connectivity index (χ0n) is 18.0. The Morgan fingerprint density at radius 1 is 1.14 bits per heavy atom. The highest BCUT2D eigenvalue weighted by molar-refractivity contribution is 6.27. The zero-order valence-corrected chi connectivity index (χ0v) is 18.0. The number of hydrogen-bond acceptors (Lipinski definition) is 3. The molecule has 2 aromatic rings. The Hall–Kier alpha value is -2.69. The van der Waals surface area contributed by atoms with Crippen molar-refractivity contribution in [1.82, 2.24) is 0 Å². The fraction of sp³-hybridized carbons (Fsp3) is 0.320. The summed E-state index contributed by atoms with van der Waals surface area (Å²) in [4.78, 5) is 0. The lowest BCUT2D eigenvalue weighted by Crippen LogP contribution is -2.50. The number of methoxy groups -OCH3 is 1. The van der Waals surface area contributed by atoms with Crippen molar-refractivity contribution in [3.05, 3.63) is 84.5 Å². The molecule has 4 heteroatoms. The largest absolute Gasteiger partial charge is 0.494 e. The minimum absolute atomic E-state index is 0.194. The molecule has 0 aliphatic rings. The molecule has 4 nitrogen and oxygen atoms in total. The molecule has 2 rings (SSSR count). The molecule has 0 spiro atoms. The van der Waals surface area contributed by atoms with E-state index < -0.39 is 0 Å². The molecule has 29 heavy (non-hydrogen) atoms. The lowest BCUT2D eigenvalue weighted by Gasteiger charge is -2.36. The molecule has 0 fully saturated rings. The summed E-state index contributed by atoms with van der Waals surface area (Å²) in [7, 11) is 6.02. The Labute approximate surface area is 175 Å². The van der Waals surface area contributed by atoms with Gasteiger partial charge >= 0.3 is 0 Å². The lowest BCUT2D eigenvalue weighted by atomic mass is 10.00. The summed E-state index contributed by atoms with van der Waals surface area (Å²) in [5.41, 5.74) is 3.45. The molecule has 0 aliphatic carbocycles. The Morgan fingerprint density at radius 3 is 2.48 bits per heavy atom. The van der Waals surface area contributed by atoms with Gasteiger partial charge in [0.05, 0.1) is 33.0 Å². The number of nitrogens with one attached hydrogen (secondary N) is 1. The van der Waals surface area contributed by atoms with Crippen LogP contribution in [0.5, 0.6) is 5.75 Å². The van der Waals surface area contributed by atoms with E-state index in [4.69, 9.17) is 14.9 Å². The van der Waals surface area contributed by atoms with Crippen LogP contribution in [-0.4, -0.2) is 50.8 Å². The monoisotopic (exact) mass is 393 g/mol. The van der Waals surface area contributed by atoms with Crippen LogP contribution in [0.2, 0.25) is 0 Å². The summed E-state index contributed by atoms with van der Waals surface area (Å²) in [5.74, 6) is 0.907. The van der Waals surface area contributed by atoms with Crippen molar-refractivity contribution in [2.45, 2.75) is 19.6 Å². The van der Waals surface area contributed by atoms with Gasteiger partial charge in [-0.1, -0.05) is 49.0 Å². The van der Waals surface area contributed by atoms with E-state index in [0.29, 0.717) is 16.8 Å². The summed E-state index contributed by atoms with van der Waals surface area (Å²) in [5, 5.41) is 8.34. The van der Waals surface area contributed by atoms with Gasteiger partial charge < -0.3 is 14.9 Å². The average molecular weight is 394 g/mol. The second-order valence-electron chi connectivity index (χ2n) is 7.52. The molecule has 154 valence electrons. The summed E-state index contributed by atoms with van der Waals surface area (Å²) >= 11 is 0. The summed E-state index contributed by atoms with van der Waals surface area (Å²) in [6.45, 7) is 7.32. The van der Waals surface area contributed by atoms with E-state index in [-0.39, 0.29) is 6.23 Å². The molecule has 0 aromatic heterocycles. The van der Waals surface area contributed by atoms with Crippen molar-refractivity contribution in [3.63, 3.8) is 0 Å².